The molecule has 0 radical (unpaired) electrons. The van der Waals surface area contributed by atoms with E-state index in [1.54, 1.807) is 12.1 Å². The third kappa shape index (κ3) is 2.83. The second kappa shape index (κ2) is 4.99. The van der Waals surface area contributed by atoms with E-state index in [1.807, 2.05) is 0 Å². The van der Waals surface area contributed by atoms with Crippen LogP contribution >= 0.6 is 11.6 Å². The number of rotatable bonds is 3. The van der Waals surface area contributed by atoms with Crippen molar-refractivity contribution in [1.82, 2.24) is 0 Å². The number of nitriles is 1. The summed E-state index contributed by atoms with van der Waals surface area (Å²) in [7, 11) is 0. The number of nitrogen functional groups attached to an aromatic ring is 1. The minimum absolute atomic E-state index is 0.151. The van der Waals surface area contributed by atoms with Crippen molar-refractivity contribution in [3.8, 4) is 6.07 Å². The van der Waals surface area contributed by atoms with Gasteiger partial charge in [0.25, 0.3) is 0 Å². The van der Waals surface area contributed by atoms with Gasteiger partial charge in [0.1, 0.15) is 6.10 Å². The van der Waals surface area contributed by atoms with Gasteiger partial charge < -0.3 is 15.9 Å². The average Bonchev–Trinajstić information content (AvgIpc) is 2.17. The summed E-state index contributed by atoms with van der Waals surface area (Å²) < 4.78 is 0. The Morgan fingerprint density at radius 2 is 2.13 bits per heavy atom. The number of hydrogen-bond acceptors (Lipinski definition) is 4. The topological polar surface area (TPSA) is 90.3 Å². The van der Waals surface area contributed by atoms with Gasteiger partial charge >= 0.3 is 0 Å². The van der Waals surface area contributed by atoms with Gasteiger partial charge in [-0.15, -0.1) is 0 Å². The molecule has 0 spiro atoms. The number of nitrogens with two attached hydrogens (primary N) is 1. The Bertz CT molecular complexity index is 389. The van der Waals surface area contributed by atoms with Gasteiger partial charge in [0.2, 0.25) is 0 Å². The van der Waals surface area contributed by atoms with Gasteiger partial charge in [-0.3, -0.25) is 0 Å². The van der Waals surface area contributed by atoms with E-state index in [2.05, 4.69) is 0 Å². The first-order valence-corrected chi connectivity index (χ1v) is 4.72. The molecule has 0 saturated heterocycles. The van der Waals surface area contributed by atoms with Crippen LogP contribution in [0.25, 0.3) is 0 Å². The van der Waals surface area contributed by atoms with E-state index in [1.165, 1.54) is 12.1 Å². The number of nitrogens with zero attached hydrogens (tertiary/aromatic N) is 1. The lowest BCUT2D eigenvalue weighted by Crippen LogP contribution is -2.17. The van der Waals surface area contributed by atoms with Crippen LogP contribution in [0.4, 0.5) is 5.69 Å². The van der Waals surface area contributed by atoms with Crippen molar-refractivity contribution in [2.24, 2.45) is 0 Å². The van der Waals surface area contributed by atoms with E-state index < -0.39 is 12.2 Å². The predicted molar refractivity (Wildman–Crippen MR) is 57.1 cm³/mol. The molecule has 0 heterocycles. The molecule has 0 aromatic heterocycles. The Hall–Kier alpha value is -1.28. The van der Waals surface area contributed by atoms with Crippen molar-refractivity contribution >= 4 is 17.3 Å². The molecular weight excluding hydrogens is 216 g/mol. The Morgan fingerprint density at radius 1 is 1.47 bits per heavy atom. The van der Waals surface area contributed by atoms with Crippen molar-refractivity contribution in [2.45, 2.75) is 18.6 Å². The smallest absolute Gasteiger partial charge is 0.107 e. The fourth-order valence-electron chi connectivity index (χ4n) is 1.20. The van der Waals surface area contributed by atoms with Crippen molar-refractivity contribution in [3.05, 3.63) is 28.8 Å². The minimum Gasteiger partial charge on any atom is -0.399 e. The highest BCUT2D eigenvalue weighted by Gasteiger charge is 2.20. The van der Waals surface area contributed by atoms with E-state index in [0.717, 1.165) is 0 Å². The molecule has 0 bridgehead atoms. The average molecular weight is 227 g/mol. The third-order valence-corrected chi connectivity index (χ3v) is 2.34. The lowest BCUT2D eigenvalue weighted by molar-refractivity contribution is 0.0217. The highest BCUT2D eigenvalue weighted by atomic mass is 35.5. The van der Waals surface area contributed by atoms with Gasteiger partial charge in [-0.25, -0.2) is 0 Å². The number of hydrogen-bond donors (Lipinski definition) is 3. The molecule has 4 N–H and O–H groups in total. The molecule has 1 rings (SSSR count). The van der Waals surface area contributed by atoms with Gasteiger partial charge in [0.05, 0.1) is 18.6 Å². The van der Waals surface area contributed by atoms with E-state index in [-0.39, 0.29) is 11.4 Å². The second-order valence-corrected chi connectivity index (χ2v) is 3.56. The Kier molecular flexibility index (Phi) is 3.92. The zero-order chi connectivity index (χ0) is 11.4. The van der Waals surface area contributed by atoms with E-state index >= 15 is 0 Å². The third-order valence-electron chi connectivity index (χ3n) is 2.01. The SMILES string of the molecule is N#CCC(O)C(O)c1ccc(N)cc1Cl. The molecule has 1 aromatic carbocycles. The fraction of sp³-hybridized carbons (Fsp3) is 0.300. The van der Waals surface area contributed by atoms with Crippen LogP contribution in [0, 0.1) is 11.3 Å². The molecule has 2 atom stereocenters. The van der Waals surface area contributed by atoms with Gasteiger partial charge in [-0.2, -0.15) is 5.26 Å². The van der Waals surface area contributed by atoms with Crippen LogP contribution in [0.1, 0.15) is 18.1 Å². The van der Waals surface area contributed by atoms with Gasteiger partial charge in [0, 0.05) is 16.3 Å². The molecule has 80 valence electrons. The summed E-state index contributed by atoms with van der Waals surface area (Å²) in [6.45, 7) is 0. The van der Waals surface area contributed by atoms with E-state index in [9.17, 15) is 10.2 Å². The summed E-state index contributed by atoms with van der Waals surface area (Å²) in [5, 5.41) is 27.7. The normalized spacial score (nSPS) is 14.3. The fourth-order valence-corrected chi connectivity index (χ4v) is 1.50. The number of aliphatic hydroxyl groups is 2. The van der Waals surface area contributed by atoms with Crippen molar-refractivity contribution in [3.63, 3.8) is 0 Å². The lowest BCUT2D eigenvalue weighted by atomic mass is 10.0. The summed E-state index contributed by atoms with van der Waals surface area (Å²) in [4.78, 5) is 0. The highest BCUT2D eigenvalue weighted by Crippen LogP contribution is 2.27. The maximum Gasteiger partial charge on any atom is 0.107 e. The maximum atomic E-state index is 9.67. The molecule has 0 saturated carbocycles. The first kappa shape index (κ1) is 11.8. The number of benzene rings is 1. The lowest BCUT2D eigenvalue weighted by Gasteiger charge is -2.16. The zero-order valence-corrected chi connectivity index (χ0v) is 8.65. The molecule has 1 aromatic rings. The van der Waals surface area contributed by atoms with E-state index in [0.29, 0.717) is 11.3 Å². The van der Waals surface area contributed by atoms with Crippen LogP contribution in [-0.2, 0) is 0 Å². The second-order valence-electron chi connectivity index (χ2n) is 3.16. The van der Waals surface area contributed by atoms with Gasteiger partial charge in [-0.05, 0) is 12.1 Å². The molecule has 0 amide bonds. The summed E-state index contributed by atoms with van der Waals surface area (Å²) in [6.07, 6.45) is -2.46. The van der Waals surface area contributed by atoms with Crippen molar-refractivity contribution < 1.29 is 10.2 Å². The van der Waals surface area contributed by atoms with Crippen LogP contribution in [0.2, 0.25) is 5.02 Å². The van der Waals surface area contributed by atoms with Gasteiger partial charge in [-0.1, -0.05) is 17.7 Å². The molecule has 15 heavy (non-hydrogen) atoms. The van der Waals surface area contributed by atoms with Crippen LogP contribution in [0.15, 0.2) is 18.2 Å². The molecule has 0 aliphatic rings. The molecule has 2 unspecified atom stereocenters. The molecular formula is C10H11ClN2O2. The number of anilines is 1. The van der Waals surface area contributed by atoms with Crippen LogP contribution in [0.5, 0.6) is 0 Å². The highest BCUT2D eigenvalue weighted by molar-refractivity contribution is 6.31. The largest absolute Gasteiger partial charge is 0.399 e. The summed E-state index contributed by atoms with van der Waals surface area (Å²) in [5.41, 5.74) is 6.33. The minimum atomic E-state index is -1.17. The zero-order valence-electron chi connectivity index (χ0n) is 7.89. The summed E-state index contributed by atoms with van der Waals surface area (Å²) in [6, 6.07) is 6.36. The Balaban J connectivity index is 2.91. The van der Waals surface area contributed by atoms with E-state index in [4.69, 9.17) is 22.6 Å². The summed E-state index contributed by atoms with van der Waals surface area (Å²) in [5.74, 6) is 0. The first-order valence-electron chi connectivity index (χ1n) is 4.34. The van der Waals surface area contributed by atoms with Gasteiger partial charge in [0.15, 0.2) is 0 Å². The quantitative estimate of drug-likeness (QED) is 0.676. The number of halogens is 1. The molecule has 0 fully saturated rings. The van der Waals surface area contributed by atoms with Crippen LogP contribution in [-0.4, -0.2) is 16.3 Å². The maximum absolute atomic E-state index is 9.67. The molecule has 0 aliphatic heterocycles. The standard InChI is InChI=1S/C10H11ClN2O2/c11-8-5-6(13)1-2-7(8)10(15)9(14)3-4-12/h1-2,5,9-10,14-15H,3,13H2. The predicted octanol–water partition coefficient (Wildman–Crippen LogP) is 1.23. The number of aliphatic hydroxyl groups excluding tert-OH is 2. The first-order chi connectivity index (χ1) is 7.06. The monoisotopic (exact) mass is 226 g/mol. The summed E-state index contributed by atoms with van der Waals surface area (Å²) >= 11 is 5.83. The Morgan fingerprint density at radius 3 is 2.67 bits per heavy atom. The van der Waals surface area contributed by atoms with Crippen LogP contribution in [0.3, 0.4) is 0 Å². The van der Waals surface area contributed by atoms with Crippen molar-refractivity contribution in [2.75, 3.05) is 5.73 Å². The van der Waals surface area contributed by atoms with Crippen LogP contribution < -0.4 is 5.73 Å². The molecule has 4 nitrogen and oxygen atoms in total. The van der Waals surface area contributed by atoms with Crippen molar-refractivity contribution in [1.29, 1.82) is 5.26 Å². The Labute approximate surface area is 92.5 Å². The molecule has 5 heteroatoms. The molecule has 0 aliphatic carbocycles.